The topological polar surface area (TPSA) is 50.2 Å². The monoisotopic (exact) mass is 236 g/mol. The molecule has 1 unspecified atom stereocenters. The van der Waals surface area contributed by atoms with Crippen LogP contribution in [0.3, 0.4) is 0 Å². The molecule has 2 heterocycles. The maximum absolute atomic E-state index is 11.6. The highest BCUT2D eigenvalue weighted by Crippen LogP contribution is 2.11. The number of aromatic nitrogens is 2. The molecule has 5 nitrogen and oxygen atoms in total. The summed E-state index contributed by atoms with van der Waals surface area (Å²) in [7, 11) is 0. The quantitative estimate of drug-likeness (QED) is 0.840. The minimum atomic E-state index is 0.161. The van der Waals surface area contributed by atoms with Crippen LogP contribution in [0.1, 0.15) is 32.0 Å². The lowest BCUT2D eigenvalue weighted by atomic mass is 10.3. The molecule has 17 heavy (non-hydrogen) atoms. The van der Waals surface area contributed by atoms with Gasteiger partial charge in [0.1, 0.15) is 0 Å². The number of piperazine rings is 1. The molecule has 1 atom stereocenters. The van der Waals surface area contributed by atoms with Gasteiger partial charge in [0, 0.05) is 25.3 Å². The van der Waals surface area contributed by atoms with Crippen molar-refractivity contribution in [1.29, 1.82) is 0 Å². The van der Waals surface area contributed by atoms with Crippen molar-refractivity contribution in [3.8, 4) is 0 Å². The van der Waals surface area contributed by atoms with Crippen molar-refractivity contribution >= 4 is 5.91 Å². The van der Waals surface area contributed by atoms with Crippen LogP contribution in [0.5, 0.6) is 0 Å². The van der Waals surface area contributed by atoms with Gasteiger partial charge in [-0.2, -0.15) is 5.10 Å². The third kappa shape index (κ3) is 2.85. The number of carbonyl (C=O) groups excluding carboxylic acids is 1. The first-order valence-electron chi connectivity index (χ1n) is 6.23. The number of hydrogen-bond donors (Lipinski definition) is 1. The van der Waals surface area contributed by atoms with Crippen LogP contribution in [0.2, 0.25) is 0 Å². The first-order chi connectivity index (χ1) is 8.20. The molecule has 2 rings (SSSR count). The molecule has 0 radical (unpaired) electrons. The number of amides is 1. The van der Waals surface area contributed by atoms with E-state index in [1.54, 1.807) is 0 Å². The maximum Gasteiger partial charge on any atom is 0.236 e. The highest BCUT2D eigenvalue weighted by atomic mass is 16.2. The first-order valence-corrected chi connectivity index (χ1v) is 6.23. The summed E-state index contributed by atoms with van der Waals surface area (Å²) in [6.45, 7) is 7.02. The van der Waals surface area contributed by atoms with Gasteiger partial charge in [0.15, 0.2) is 0 Å². The lowest BCUT2D eigenvalue weighted by Crippen LogP contribution is -2.47. The van der Waals surface area contributed by atoms with Gasteiger partial charge >= 0.3 is 0 Å². The molecule has 0 aromatic carbocycles. The summed E-state index contributed by atoms with van der Waals surface area (Å²) in [6.07, 6.45) is 3.06. The summed E-state index contributed by atoms with van der Waals surface area (Å²) >= 11 is 0. The first kappa shape index (κ1) is 12.1. The molecule has 1 aromatic rings. The van der Waals surface area contributed by atoms with Crippen molar-refractivity contribution in [2.45, 2.75) is 32.9 Å². The Kier molecular flexibility index (Phi) is 3.78. The van der Waals surface area contributed by atoms with Crippen molar-refractivity contribution in [3.63, 3.8) is 0 Å². The van der Waals surface area contributed by atoms with Crippen LogP contribution in [0.15, 0.2) is 12.3 Å². The normalized spacial score (nSPS) is 18.5. The van der Waals surface area contributed by atoms with Crippen LogP contribution in [-0.4, -0.2) is 40.2 Å². The summed E-state index contributed by atoms with van der Waals surface area (Å²) in [4.78, 5) is 13.5. The van der Waals surface area contributed by atoms with Gasteiger partial charge in [-0.15, -0.1) is 0 Å². The number of rotatable bonds is 4. The van der Waals surface area contributed by atoms with E-state index in [4.69, 9.17) is 0 Å². The zero-order valence-electron chi connectivity index (χ0n) is 10.5. The molecule has 5 heteroatoms. The van der Waals surface area contributed by atoms with Gasteiger partial charge in [0.25, 0.3) is 0 Å². The number of nitrogens with zero attached hydrogens (tertiary/aromatic N) is 3. The molecule has 0 bridgehead atoms. The van der Waals surface area contributed by atoms with E-state index in [-0.39, 0.29) is 5.91 Å². The minimum Gasteiger partial charge on any atom is -0.334 e. The fourth-order valence-electron chi connectivity index (χ4n) is 1.90. The smallest absolute Gasteiger partial charge is 0.236 e. The van der Waals surface area contributed by atoms with Gasteiger partial charge in [-0.25, -0.2) is 0 Å². The summed E-state index contributed by atoms with van der Waals surface area (Å²) < 4.78 is 1.97. The molecule has 0 aliphatic carbocycles. The molecule has 1 amide bonds. The van der Waals surface area contributed by atoms with Gasteiger partial charge in [-0.1, -0.05) is 6.92 Å². The van der Waals surface area contributed by atoms with Gasteiger partial charge < -0.3 is 10.2 Å². The Labute approximate surface area is 102 Å². The molecule has 1 aliphatic heterocycles. The van der Waals surface area contributed by atoms with E-state index in [1.807, 2.05) is 21.8 Å². The third-order valence-electron chi connectivity index (χ3n) is 3.25. The molecule has 1 aliphatic rings. The predicted molar refractivity (Wildman–Crippen MR) is 65.5 cm³/mol. The molecular formula is C12H20N4O. The minimum absolute atomic E-state index is 0.161. The molecule has 1 N–H and O–H groups in total. The van der Waals surface area contributed by atoms with E-state index >= 15 is 0 Å². The Balaban J connectivity index is 1.98. The van der Waals surface area contributed by atoms with E-state index in [9.17, 15) is 4.79 Å². The summed E-state index contributed by atoms with van der Waals surface area (Å²) in [6, 6.07) is 2.42. The fourth-order valence-corrected chi connectivity index (χ4v) is 1.90. The van der Waals surface area contributed by atoms with E-state index in [1.165, 1.54) is 0 Å². The molecule has 0 spiro atoms. The number of hydrogen-bond acceptors (Lipinski definition) is 3. The fraction of sp³-hybridized carbons (Fsp3) is 0.667. The summed E-state index contributed by atoms with van der Waals surface area (Å²) in [5.74, 6) is 0.161. The second kappa shape index (κ2) is 5.31. The highest BCUT2D eigenvalue weighted by Gasteiger charge is 2.18. The van der Waals surface area contributed by atoms with Crippen LogP contribution < -0.4 is 5.32 Å². The lowest BCUT2D eigenvalue weighted by Gasteiger charge is -2.26. The van der Waals surface area contributed by atoms with Crippen molar-refractivity contribution < 1.29 is 4.79 Å². The van der Waals surface area contributed by atoms with Crippen molar-refractivity contribution in [1.82, 2.24) is 20.0 Å². The number of carbonyl (C=O) groups is 1. The molecule has 1 aromatic heterocycles. The molecule has 1 saturated heterocycles. The molecule has 1 fully saturated rings. The van der Waals surface area contributed by atoms with Crippen LogP contribution in [-0.2, 0) is 11.3 Å². The van der Waals surface area contributed by atoms with Crippen LogP contribution >= 0.6 is 0 Å². The average Bonchev–Trinajstić information content (AvgIpc) is 2.80. The van der Waals surface area contributed by atoms with Crippen molar-refractivity contribution in [3.05, 3.63) is 18.0 Å². The molecular weight excluding hydrogens is 216 g/mol. The van der Waals surface area contributed by atoms with E-state index in [0.29, 0.717) is 19.1 Å². The second-order valence-electron chi connectivity index (χ2n) is 4.54. The number of nitrogens with one attached hydrogen (secondary N) is 1. The Morgan fingerprint density at radius 3 is 3.12 bits per heavy atom. The highest BCUT2D eigenvalue weighted by molar-refractivity contribution is 5.78. The second-order valence-corrected chi connectivity index (χ2v) is 4.54. The van der Waals surface area contributed by atoms with Crippen LogP contribution in [0.4, 0.5) is 0 Å². The Morgan fingerprint density at radius 2 is 2.41 bits per heavy atom. The van der Waals surface area contributed by atoms with E-state index in [2.05, 4.69) is 24.3 Å². The summed E-state index contributed by atoms with van der Waals surface area (Å²) in [5.41, 5.74) is 0.973. The molecule has 0 saturated carbocycles. The summed E-state index contributed by atoms with van der Waals surface area (Å²) in [5, 5.41) is 7.58. The van der Waals surface area contributed by atoms with E-state index in [0.717, 1.165) is 25.2 Å². The van der Waals surface area contributed by atoms with E-state index < -0.39 is 0 Å². The van der Waals surface area contributed by atoms with Crippen LogP contribution in [0, 0.1) is 0 Å². The van der Waals surface area contributed by atoms with Crippen molar-refractivity contribution in [2.24, 2.45) is 0 Å². The van der Waals surface area contributed by atoms with Gasteiger partial charge in [0.05, 0.1) is 18.8 Å². The largest absolute Gasteiger partial charge is 0.334 e. The van der Waals surface area contributed by atoms with Gasteiger partial charge in [-0.05, 0) is 19.4 Å². The van der Waals surface area contributed by atoms with Crippen LogP contribution in [0.25, 0.3) is 0 Å². The third-order valence-corrected chi connectivity index (χ3v) is 3.25. The lowest BCUT2D eigenvalue weighted by molar-refractivity contribution is -0.132. The van der Waals surface area contributed by atoms with Gasteiger partial charge in [0.2, 0.25) is 5.91 Å². The Bertz CT molecular complexity index is 388. The zero-order chi connectivity index (χ0) is 12.3. The Morgan fingerprint density at radius 1 is 1.59 bits per heavy atom. The van der Waals surface area contributed by atoms with Gasteiger partial charge in [-0.3, -0.25) is 9.48 Å². The standard InChI is InChI=1S/C12H20N4O/c1-3-10(2)16-6-4-11(14-16)9-15-7-5-13-8-12(15)17/h4,6,10,13H,3,5,7-9H2,1-2H3. The molecule has 94 valence electrons. The zero-order valence-corrected chi connectivity index (χ0v) is 10.5. The Hall–Kier alpha value is -1.36. The average molecular weight is 236 g/mol. The predicted octanol–water partition coefficient (Wildman–Crippen LogP) is 0.786. The van der Waals surface area contributed by atoms with Crippen molar-refractivity contribution in [2.75, 3.05) is 19.6 Å². The maximum atomic E-state index is 11.6. The SMILES string of the molecule is CCC(C)n1ccc(CN2CCNCC2=O)n1.